The number of hydrogen-bond acceptors (Lipinski definition) is 3. The molecule has 2 rings (SSSR count). The molecule has 0 radical (unpaired) electrons. The summed E-state index contributed by atoms with van der Waals surface area (Å²) >= 11 is 0. The summed E-state index contributed by atoms with van der Waals surface area (Å²) in [5.41, 5.74) is 1.02. The summed E-state index contributed by atoms with van der Waals surface area (Å²) in [4.78, 5) is 16.0. The van der Waals surface area contributed by atoms with Crippen LogP contribution in [0.2, 0.25) is 0 Å². The Kier molecular flexibility index (Phi) is 6.65. The number of amides is 2. The second-order valence-electron chi connectivity index (χ2n) is 5.97. The number of carbonyl (C=O) groups is 1. The van der Waals surface area contributed by atoms with E-state index < -0.39 is 0 Å². The predicted octanol–water partition coefficient (Wildman–Crippen LogP) is 2.07. The second-order valence-corrected chi connectivity index (χ2v) is 5.97. The molecule has 1 heterocycles. The molecule has 2 amide bonds. The molecule has 1 aromatic carbocycles. The van der Waals surface area contributed by atoms with E-state index in [0.717, 1.165) is 31.6 Å². The number of rotatable bonds is 7. The summed E-state index contributed by atoms with van der Waals surface area (Å²) in [6.45, 7) is 5.42. The monoisotopic (exact) mass is 323 g/mol. The fourth-order valence-electron chi connectivity index (χ4n) is 2.93. The molecule has 1 atom stereocenters. The second kappa shape index (κ2) is 8.72. The third-order valence-corrected chi connectivity index (χ3v) is 4.17. The molecule has 1 aliphatic heterocycles. The van der Waals surface area contributed by atoms with Crippen molar-refractivity contribution in [2.75, 3.05) is 44.2 Å². The molecule has 1 saturated heterocycles. The van der Waals surface area contributed by atoms with Gasteiger partial charge in [-0.25, -0.2) is 9.18 Å². The number of aliphatic hydroxyl groups excluding tert-OH is 1. The van der Waals surface area contributed by atoms with Crippen LogP contribution in [0.15, 0.2) is 24.3 Å². The van der Waals surface area contributed by atoms with Gasteiger partial charge in [0.25, 0.3) is 0 Å². The highest BCUT2D eigenvalue weighted by atomic mass is 19.1. The standard InChI is InChI=1S/C17H26FN3O2/c1-2-8-20(10-11-22)17(23)19-12-14-7-9-21(13-14)16-5-3-15(18)4-6-16/h3-6,14,22H,2,7-13H2,1H3,(H,19,23). The quantitative estimate of drug-likeness (QED) is 0.808. The molecule has 0 aliphatic carbocycles. The first kappa shape index (κ1) is 17.5. The van der Waals surface area contributed by atoms with E-state index in [1.807, 2.05) is 6.92 Å². The smallest absolute Gasteiger partial charge is 0.317 e. The van der Waals surface area contributed by atoms with Gasteiger partial charge in [0.2, 0.25) is 0 Å². The third kappa shape index (κ3) is 5.10. The molecule has 5 nitrogen and oxygen atoms in total. The Morgan fingerprint density at radius 2 is 2.13 bits per heavy atom. The zero-order valence-electron chi connectivity index (χ0n) is 13.7. The van der Waals surface area contributed by atoms with Crippen LogP contribution >= 0.6 is 0 Å². The largest absolute Gasteiger partial charge is 0.395 e. The van der Waals surface area contributed by atoms with Crippen LogP contribution in [0.5, 0.6) is 0 Å². The Morgan fingerprint density at radius 1 is 1.39 bits per heavy atom. The van der Waals surface area contributed by atoms with E-state index in [1.165, 1.54) is 12.1 Å². The molecular weight excluding hydrogens is 297 g/mol. The maximum atomic E-state index is 13.0. The number of anilines is 1. The van der Waals surface area contributed by atoms with Crippen LogP contribution < -0.4 is 10.2 Å². The third-order valence-electron chi connectivity index (χ3n) is 4.17. The number of urea groups is 1. The number of hydrogen-bond donors (Lipinski definition) is 2. The number of nitrogens with one attached hydrogen (secondary N) is 1. The van der Waals surface area contributed by atoms with Crippen molar-refractivity contribution in [1.29, 1.82) is 0 Å². The van der Waals surface area contributed by atoms with Crippen molar-refractivity contribution in [2.24, 2.45) is 5.92 Å². The van der Waals surface area contributed by atoms with Crippen molar-refractivity contribution in [3.05, 3.63) is 30.1 Å². The van der Waals surface area contributed by atoms with Crippen LogP contribution in [-0.4, -0.2) is 55.4 Å². The molecule has 128 valence electrons. The lowest BCUT2D eigenvalue weighted by Crippen LogP contribution is -2.43. The van der Waals surface area contributed by atoms with Gasteiger partial charge in [0.05, 0.1) is 6.61 Å². The fraction of sp³-hybridized carbons (Fsp3) is 0.588. The van der Waals surface area contributed by atoms with E-state index in [9.17, 15) is 9.18 Å². The SMILES string of the molecule is CCCN(CCO)C(=O)NCC1CCN(c2ccc(F)cc2)C1. The van der Waals surface area contributed by atoms with E-state index in [2.05, 4.69) is 10.2 Å². The maximum absolute atomic E-state index is 13.0. The average molecular weight is 323 g/mol. The topological polar surface area (TPSA) is 55.8 Å². The molecule has 1 aromatic rings. The number of nitrogens with zero attached hydrogens (tertiary/aromatic N) is 2. The van der Waals surface area contributed by atoms with Gasteiger partial charge in [-0.05, 0) is 43.0 Å². The Bertz CT molecular complexity index is 489. The van der Waals surface area contributed by atoms with Crippen molar-refractivity contribution in [2.45, 2.75) is 19.8 Å². The summed E-state index contributed by atoms with van der Waals surface area (Å²) in [6.07, 6.45) is 1.88. The van der Waals surface area contributed by atoms with Crippen LogP contribution in [0.3, 0.4) is 0 Å². The van der Waals surface area contributed by atoms with E-state index in [1.54, 1.807) is 17.0 Å². The van der Waals surface area contributed by atoms with Crippen LogP contribution in [0.4, 0.5) is 14.9 Å². The molecule has 0 aromatic heterocycles. The first-order chi connectivity index (χ1) is 11.1. The number of halogens is 1. The average Bonchev–Trinajstić information content (AvgIpc) is 3.02. The van der Waals surface area contributed by atoms with Crippen molar-refractivity contribution < 1.29 is 14.3 Å². The zero-order valence-corrected chi connectivity index (χ0v) is 13.7. The molecule has 0 bridgehead atoms. The molecule has 23 heavy (non-hydrogen) atoms. The summed E-state index contributed by atoms with van der Waals surface area (Å²) in [7, 11) is 0. The highest BCUT2D eigenvalue weighted by molar-refractivity contribution is 5.74. The van der Waals surface area contributed by atoms with Crippen molar-refractivity contribution in [3.8, 4) is 0 Å². The number of carbonyl (C=O) groups excluding carboxylic acids is 1. The minimum absolute atomic E-state index is 0.0187. The molecule has 0 saturated carbocycles. The van der Waals surface area contributed by atoms with Gasteiger partial charge in [-0.2, -0.15) is 0 Å². The summed E-state index contributed by atoms with van der Waals surface area (Å²) in [5.74, 6) is 0.165. The zero-order chi connectivity index (χ0) is 16.7. The molecular formula is C17H26FN3O2. The maximum Gasteiger partial charge on any atom is 0.317 e. The molecule has 6 heteroatoms. The molecule has 1 fully saturated rings. The van der Waals surface area contributed by atoms with Gasteiger partial charge in [-0.3, -0.25) is 0 Å². The lowest BCUT2D eigenvalue weighted by Gasteiger charge is -2.23. The van der Waals surface area contributed by atoms with Gasteiger partial charge in [0.1, 0.15) is 5.82 Å². The van der Waals surface area contributed by atoms with E-state index >= 15 is 0 Å². The van der Waals surface area contributed by atoms with E-state index in [0.29, 0.717) is 25.6 Å². The highest BCUT2D eigenvalue weighted by Gasteiger charge is 2.23. The van der Waals surface area contributed by atoms with Crippen molar-refractivity contribution in [1.82, 2.24) is 10.2 Å². The predicted molar refractivity (Wildman–Crippen MR) is 89.1 cm³/mol. The highest BCUT2D eigenvalue weighted by Crippen LogP contribution is 2.23. The Labute approximate surface area is 137 Å². The van der Waals surface area contributed by atoms with E-state index in [-0.39, 0.29) is 18.5 Å². The van der Waals surface area contributed by atoms with Crippen molar-refractivity contribution >= 4 is 11.7 Å². The molecule has 0 spiro atoms. The normalized spacial score (nSPS) is 17.3. The summed E-state index contributed by atoms with van der Waals surface area (Å²) in [5, 5.41) is 12.0. The minimum Gasteiger partial charge on any atom is -0.395 e. The van der Waals surface area contributed by atoms with Gasteiger partial charge in [0.15, 0.2) is 0 Å². The first-order valence-corrected chi connectivity index (χ1v) is 8.28. The number of benzene rings is 1. The van der Waals surface area contributed by atoms with Gasteiger partial charge in [0, 0.05) is 38.4 Å². The molecule has 2 N–H and O–H groups in total. The lowest BCUT2D eigenvalue weighted by atomic mass is 10.1. The van der Waals surface area contributed by atoms with Gasteiger partial charge >= 0.3 is 6.03 Å². The van der Waals surface area contributed by atoms with Crippen LogP contribution in [-0.2, 0) is 0 Å². The van der Waals surface area contributed by atoms with E-state index in [4.69, 9.17) is 5.11 Å². The minimum atomic E-state index is -0.225. The molecule has 1 aliphatic rings. The fourth-order valence-corrected chi connectivity index (χ4v) is 2.93. The Balaban J connectivity index is 1.79. The Hall–Kier alpha value is -1.82. The van der Waals surface area contributed by atoms with Crippen LogP contribution in [0.1, 0.15) is 19.8 Å². The summed E-state index contributed by atoms with van der Waals surface area (Å²) in [6, 6.07) is 6.42. The summed E-state index contributed by atoms with van der Waals surface area (Å²) < 4.78 is 13.0. The van der Waals surface area contributed by atoms with Gasteiger partial charge in [-0.15, -0.1) is 0 Å². The Morgan fingerprint density at radius 3 is 2.78 bits per heavy atom. The number of aliphatic hydroxyl groups is 1. The van der Waals surface area contributed by atoms with Crippen molar-refractivity contribution in [3.63, 3.8) is 0 Å². The van der Waals surface area contributed by atoms with Crippen LogP contribution in [0, 0.1) is 11.7 Å². The lowest BCUT2D eigenvalue weighted by molar-refractivity contribution is 0.176. The molecule has 1 unspecified atom stereocenters. The first-order valence-electron chi connectivity index (χ1n) is 8.28. The van der Waals surface area contributed by atoms with Gasteiger partial charge < -0.3 is 20.2 Å². The van der Waals surface area contributed by atoms with Crippen LogP contribution in [0.25, 0.3) is 0 Å². The van der Waals surface area contributed by atoms with Gasteiger partial charge in [-0.1, -0.05) is 6.92 Å².